The molecule has 1 N–H and O–H groups in total. The van der Waals surface area contributed by atoms with Crippen molar-refractivity contribution in [3.63, 3.8) is 0 Å². The monoisotopic (exact) mass is 274 g/mol. The van der Waals surface area contributed by atoms with Gasteiger partial charge in [-0.2, -0.15) is 0 Å². The number of benzene rings is 2. The molecular formula is C19H18N2. The fraction of sp³-hybridized carbons (Fsp3) is 0.211. The van der Waals surface area contributed by atoms with Gasteiger partial charge in [-0.05, 0) is 44.0 Å². The number of aromatic nitrogens is 1. The molecule has 1 fully saturated rings. The van der Waals surface area contributed by atoms with Crippen LogP contribution in [0.4, 0.5) is 11.4 Å². The lowest BCUT2D eigenvalue weighted by Gasteiger charge is -2.12. The molecule has 4 rings (SSSR count). The minimum atomic E-state index is 0.660. The second-order valence-corrected chi connectivity index (χ2v) is 5.88. The Kier molecular flexibility index (Phi) is 2.88. The van der Waals surface area contributed by atoms with Gasteiger partial charge in [-0.1, -0.05) is 35.9 Å². The summed E-state index contributed by atoms with van der Waals surface area (Å²) in [6.45, 7) is 2.11. The molecule has 0 radical (unpaired) electrons. The lowest BCUT2D eigenvalue weighted by atomic mass is 10.1. The number of aryl methyl sites for hydroxylation is 1. The van der Waals surface area contributed by atoms with E-state index in [0.29, 0.717) is 5.92 Å². The van der Waals surface area contributed by atoms with Gasteiger partial charge in [0.2, 0.25) is 0 Å². The van der Waals surface area contributed by atoms with Crippen molar-refractivity contribution in [3.05, 3.63) is 65.9 Å². The summed E-state index contributed by atoms with van der Waals surface area (Å²) in [5.74, 6) is 0.660. The molecule has 2 heteroatoms. The van der Waals surface area contributed by atoms with Gasteiger partial charge < -0.3 is 5.32 Å². The van der Waals surface area contributed by atoms with Gasteiger partial charge >= 0.3 is 0 Å². The summed E-state index contributed by atoms with van der Waals surface area (Å²) in [6, 6.07) is 19.1. The lowest BCUT2D eigenvalue weighted by molar-refractivity contribution is 1.04. The Morgan fingerprint density at radius 3 is 2.52 bits per heavy atom. The van der Waals surface area contributed by atoms with E-state index in [1.165, 1.54) is 29.5 Å². The third-order valence-corrected chi connectivity index (χ3v) is 4.06. The predicted molar refractivity (Wildman–Crippen MR) is 88.2 cm³/mol. The van der Waals surface area contributed by atoms with Gasteiger partial charge in [-0.15, -0.1) is 0 Å². The Balaban J connectivity index is 1.80. The zero-order valence-corrected chi connectivity index (χ0v) is 12.1. The van der Waals surface area contributed by atoms with Crippen LogP contribution >= 0.6 is 0 Å². The van der Waals surface area contributed by atoms with Gasteiger partial charge in [-0.3, -0.25) is 4.98 Å². The Bertz CT molecular complexity index is 786. The first-order valence-electron chi connectivity index (χ1n) is 7.53. The van der Waals surface area contributed by atoms with Gasteiger partial charge in [-0.25, -0.2) is 0 Å². The average Bonchev–Trinajstić information content (AvgIpc) is 3.34. The molecule has 0 unspecified atom stereocenters. The Morgan fingerprint density at radius 1 is 1.00 bits per heavy atom. The van der Waals surface area contributed by atoms with Gasteiger partial charge in [0, 0.05) is 28.4 Å². The Hall–Kier alpha value is -2.35. The summed E-state index contributed by atoms with van der Waals surface area (Å²) in [7, 11) is 0. The van der Waals surface area contributed by atoms with Crippen molar-refractivity contribution < 1.29 is 0 Å². The Labute approximate surface area is 124 Å². The molecule has 0 saturated heterocycles. The minimum absolute atomic E-state index is 0.660. The van der Waals surface area contributed by atoms with Crippen molar-refractivity contribution in [2.45, 2.75) is 25.7 Å². The molecule has 1 aliphatic carbocycles. The van der Waals surface area contributed by atoms with Crippen molar-refractivity contribution in [1.82, 2.24) is 4.98 Å². The van der Waals surface area contributed by atoms with E-state index in [4.69, 9.17) is 4.98 Å². The van der Waals surface area contributed by atoms with Crippen molar-refractivity contribution >= 4 is 22.3 Å². The van der Waals surface area contributed by atoms with E-state index in [2.05, 4.69) is 66.8 Å². The molecule has 1 heterocycles. The lowest BCUT2D eigenvalue weighted by Crippen LogP contribution is -1.96. The molecule has 0 bridgehead atoms. The molecular weight excluding hydrogens is 256 g/mol. The van der Waals surface area contributed by atoms with E-state index in [0.717, 1.165) is 16.9 Å². The maximum atomic E-state index is 4.81. The van der Waals surface area contributed by atoms with Gasteiger partial charge in [0.05, 0.1) is 5.52 Å². The zero-order chi connectivity index (χ0) is 14.2. The molecule has 0 spiro atoms. The van der Waals surface area contributed by atoms with Crippen LogP contribution in [0.3, 0.4) is 0 Å². The highest BCUT2D eigenvalue weighted by Crippen LogP contribution is 2.41. The van der Waals surface area contributed by atoms with E-state index in [-0.39, 0.29) is 0 Å². The smallest absolute Gasteiger partial charge is 0.0726 e. The van der Waals surface area contributed by atoms with Crippen LogP contribution in [-0.2, 0) is 0 Å². The molecule has 0 amide bonds. The third kappa shape index (κ3) is 2.49. The molecule has 1 saturated carbocycles. The third-order valence-electron chi connectivity index (χ3n) is 4.06. The van der Waals surface area contributed by atoms with Crippen LogP contribution in [0.5, 0.6) is 0 Å². The molecule has 1 aliphatic rings. The van der Waals surface area contributed by atoms with Gasteiger partial charge in [0.25, 0.3) is 0 Å². The summed E-state index contributed by atoms with van der Waals surface area (Å²) in [5.41, 5.74) is 5.86. The maximum absolute atomic E-state index is 4.81. The molecule has 0 atom stereocenters. The van der Waals surface area contributed by atoms with Crippen LogP contribution < -0.4 is 5.32 Å². The first-order chi connectivity index (χ1) is 10.3. The van der Waals surface area contributed by atoms with Crippen LogP contribution in [0, 0.1) is 6.92 Å². The summed E-state index contributed by atoms with van der Waals surface area (Å²) in [6.07, 6.45) is 2.55. The first kappa shape index (κ1) is 12.4. The fourth-order valence-corrected chi connectivity index (χ4v) is 2.68. The number of para-hydroxylation sites is 1. The van der Waals surface area contributed by atoms with E-state index >= 15 is 0 Å². The van der Waals surface area contributed by atoms with Crippen LogP contribution in [0.2, 0.25) is 0 Å². The van der Waals surface area contributed by atoms with E-state index in [1.54, 1.807) is 0 Å². The van der Waals surface area contributed by atoms with Gasteiger partial charge in [0.15, 0.2) is 0 Å². The van der Waals surface area contributed by atoms with Crippen LogP contribution in [0.1, 0.15) is 30.0 Å². The van der Waals surface area contributed by atoms with Gasteiger partial charge in [0.1, 0.15) is 0 Å². The van der Waals surface area contributed by atoms with Crippen molar-refractivity contribution in [1.29, 1.82) is 0 Å². The molecule has 1 aromatic heterocycles. The van der Waals surface area contributed by atoms with Crippen molar-refractivity contribution in [2.75, 3.05) is 5.32 Å². The summed E-state index contributed by atoms with van der Waals surface area (Å²) in [4.78, 5) is 4.81. The summed E-state index contributed by atoms with van der Waals surface area (Å²) >= 11 is 0. The molecule has 3 aromatic rings. The molecule has 0 aliphatic heterocycles. The molecule has 104 valence electrons. The maximum Gasteiger partial charge on any atom is 0.0726 e. The molecule has 21 heavy (non-hydrogen) atoms. The highest BCUT2D eigenvalue weighted by Gasteiger charge is 2.25. The Morgan fingerprint density at radius 2 is 1.76 bits per heavy atom. The summed E-state index contributed by atoms with van der Waals surface area (Å²) in [5, 5.41) is 4.74. The topological polar surface area (TPSA) is 24.9 Å². The highest BCUT2D eigenvalue weighted by atomic mass is 14.9. The normalized spacial score (nSPS) is 14.3. The SMILES string of the molecule is Cc1ccc(Nc2cc(C3CC3)nc3ccccc23)cc1. The predicted octanol–water partition coefficient (Wildman–Crippen LogP) is 5.16. The zero-order valence-electron chi connectivity index (χ0n) is 12.1. The number of nitrogens with one attached hydrogen (secondary N) is 1. The number of nitrogens with zero attached hydrogens (tertiary/aromatic N) is 1. The van der Waals surface area contributed by atoms with Crippen molar-refractivity contribution in [3.8, 4) is 0 Å². The summed E-state index contributed by atoms with van der Waals surface area (Å²) < 4.78 is 0. The first-order valence-corrected chi connectivity index (χ1v) is 7.53. The highest BCUT2D eigenvalue weighted by molar-refractivity contribution is 5.93. The fourth-order valence-electron chi connectivity index (χ4n) is 2.68. The number of anilines is 2. The van der Waals surface area contributed by atoms with E-state index < -0.39 is 0 Å². The number of rotatable bonds is 3. The number of hydrogen-bond acceptors (Lipinski definition) is 2. The number of pyridine rings is 1. The second kappa shape index (κ2) is 4.88. The van der Waals surface area contributed by atoms with E-state index in [9.17, 15) is 0 Å². The number of fused-ring (bicyclic) bond motifs is 1. The van der Waals surface area contributed by atoms with Crippen molar-refractivity contribution in [2.24, 2.45) is 0 Å². The van der Waals surface area contributed by atoms with Crippen LogP contribution in [0.15, 0.2) is 54.6 Å². The van der Waals surface area contributed by atoms with Crippen LogP contribution in [0.25, 0.3) is 10.9 Å². The molecule has 2 nitrogen and oxygen atoms in total. The molecule has 2 aromatic carbocycles. The van der Waals surface area contributed by atoms with E-state index in [1.807, 2.05) is 0 Å². The minimum Gasteiger partial charge on any atom is -0.355 e. The standard InChI is InChI=1S/C19H18N2/c1-13-6-10-15(11-7-13)20-19-12-18(14-8-9-14)21-17-5-3-2-4-16(17)19/h2-7,10-12,14H,8-9H2,1H3,(H,20,21). The average molecular weight is 274 g/mol. The van der Waals surface area contributed by atoms with Crippen LogP contribution in [-0.4, -0.2) is 4.98 Å². The largest absolute Gasteiger partial charge is 0.355 e. The second-order valence-electron chi connectivity index (χ2n) is 5.88. The quantitative estimate of drug-likeness (QED) is 0.713. The number of hydrogen-bond donors (Lipinski definition) is 1.